The lowest BCUT2D eigenvalue weighted by Gasteiger charge is -2.10. The van der Waals surface area contributed by atoms with Crippen molar-refractivity contribution in [3.05, 3.63) is 22.3 Å². The van der Waals surface area contributed by atoms with Crippen LogP contribution in [0, 0.1) is 0 Å². The molecule has 0 unspecified atom stereocenters. The van der Waals surface area contributed by atoms with Crippen LogP contribution < -0.4 is 5.73 Å². The molecule has 1 aromatic rings. The van der Waals surface area contributed by atoms with E-state index in [1.54, 1.807) is 0 Å². The Kier molecular flexibility index (Phi) is 3.41. The summed E-state index contributed by atoms with van der Waals surface area (Å²) in [6.45, 7) is 0. The molecule has 1 heterocycles. The standard InChI is InChI=1S/C8H7ClF2N2O2/c1-15-8(14)4-3(9)2-13-7(12)5(4)6(10)11/h2,6H,1H3,(H2,12,13). The number of halogens is 3. The molecule has 0 aliphatic rings. The number of nitrogen functional groups attached to an aromatic ring is 1. The number of nitrogens with zero attached hydrogens (tertiary/aromatic N) is 1. The maximum Gasteiger partial charge on any atom is 0.340 e. The van der Waals surface area contributed by atoms with Gasteiger partial charge in [0.05, 0.1) is 23.3 Å². The first kappa shape index (κ1) is 11.6. The minimum atomic E-state index is -2.94. The van der Waals surface area contributed by atoms with Crippen LogP contribution in [0.15, 0.2) is 6.20 Å². The van der Waals surface area contributed by atoms with Gasteiger partial charge in [0.1, 0.15) is 5.82 Å². The van der Waals surface area contributed by atoms with Crippen molar-refractivity contribution >= 4 is 23.4 Å². The third-order valence-electron chi connectivity index (χ3n) is 1.71. The van der Waals surface area contributed by atoms with Gasteiger partial charge in [-0.25, -0.2) is 18.6 Å². The molecule has 0 atom stereocenters. The normalized spacial score (nSPS) is 10.5. The summed E-state index contributed by atoms with van der Waals surface area (Å²) in [6, 6.07) is 0. The predicted molar refractivity (Wildman–Crippen MR) is 50.0 cm³/mol. The second-order valence-corrected chi connectivity index (χ2v) is 2.98. The molecule has 0 aliphatic heterocycles. The molecule has 0 saturated heterocycles. The van der Waals surface area contributed by atoms with E-state index in [0.717, 1.165) is 13.3 Å². The monoisotopic (exact) mass is 236 g/mol. The number of rotatable bonds is 2. The number of hydrogen-bond donors (Lipinski definition) is 1. The van der Waals surface area contributed by atoms with Crippen LogP contribution in [-0.2, 0) is 4.74 Å². The van der Waals surface area contributed by atoms with Gasteiger partial charge >= 0.3 is 5.97 Å². The summed E-state index contributed by atoms with van der Waals surface area (Å²) in [5.74, 6) is -1.40. The smallest absolute Gasteiger partial charge is 0.340 e. The van der Waals surface area contributed by atoms with Gasteiger partial charge in [0.2, 0.25) is 0 Å². The van der Waals surface area contributed by atoms with E-state index in [2.05, 4.69) is 9.72 Å². The number of hydrogen-bond acceptors (Lipinski definition) is 4. The summed E-state index contributed by atoms with van der Waals surface area (Å²) in [4.78, 5) is 14.6. The van der Waals surface area contributed by atoms with E-state index in [1.165, 1.54) is 0 Å². The first-order valence-electron chi connectivity index (χ1n) is 3.79. The molecule has 0 fully saturated rings. The number of pyridine rings is 1. The summed E-state index contributed by atoms with van der Waals surface area (Å²) in [5.41, 5.74) is 4.08. The number of nitrogens with two attached hydrogens (primary N) is 1. The van der Waals surface area contributed by atoms with Crippen molar-refractivity contribution in [2.75, 3.05) is 12.8 Å². The minimum Gasteiger partial charge on any atom is -0.465 e. The molecular formula is C8H7ClF2N2O2. The highest BCUT2D eigenvalue weighted by molar-refractivity contribution is 6.33. The first-order chi connectivity index (χ1) is 6.99. The average Bonchev–Trinajstić information content (AvgIpc) is 2.19. The van der Waals surface area contributed by atoms with Gasteiger partial charge in [-0.15, -0.1) is 0 Å². The number of carbonyl (C=O) groups is 1. The van der Waals surface area contributed by atoms with E-state index in [1.807, 2.05) is 0 Å². The number of anilines is 1. The van der Waals surface area contributed by atoms with Crippen molar-refractivity contribution in [3.8, 4) is 0 Å². The first-order valence-corrected chi connectivity index (χ1v) is 4.17. The highest BCUT2D eigenvalue weighted by Crippen LogP contribution is 2.31. The second kappa shape index (κ2) is 4.39. The lowest BCUT2D eigenvalue weighted by Crippen LogP contribution is -2.11. The Morgan fingerprint density at radius 1 is 1.67 bits per heavy atom. The maximum absolute atomic E-state index is 12.6. The van der Waals surface area contributed by atoms with Crippen LogP contribution in [-0.4, -0.2) is 18.1 Å². The minimum absolute atomic E-state index is 0.216. The average molecular weight is 237 g/mol. The van der Waals surface area contributed by atoms with Crippen molar-refractivity contribution in [1.29, 1.82) is 0 Å². The maximum atomic E-state index is 12.6. The summed E-state index contributed by atoms with van der Waals surface area (Å²) >= 11 is 5.57. The van der Waals surface area contributed by atoms with E-state index < -0.39 is 29.3 Å². The van der Waals surface area contributed by atoms with Gasteiger partial charge in [-0.05, 0) is 0 Å². The van der Waals surface area contributed by atoms with Crippen molar-refractivity contribution in [2.24, 2.45) is 0 Å². The van der Waals surface area contributed by atoms with Crippen LogP contribution in [0.2, 0.25) is 5.02 Å². The Labute approximate surface area is 89.0 Å². The SMILES string of the molecule is COC(=O)c1c(Cl)cnc(N)c1C(F)F. The molecule has 4 nitrogen and oxygen atoms in total. The zero-order valence-electron chi connectivity index (χ0n) is 7.63. The fourth-order valence-electron chi connectivity index (χ4n) is 1.05. The van der Waals surface area contributed by atoms with Crippen LogP contribution >= 0.6 is 11.6 Å². The molecule has 0 aromatic carbocycles. The largest absolute Gasteiger partial charge is 0.465 e. The lowest BCUT2D eigenvalue weighted by molar-refractivity contribution is 0.0589. The fourth-order valence-corrected chi connectivity index (χ4v) is 1.28. The van der Waals surface area contributed by atoms with E-state index in [9.17, 15) is 13.6 Å². The number of aromatic nitrogens is 1. The summed E-state index contributed by atoms with van der Waals surface area (Å²) in [5, 5.41) is -0.216. The zero-order chi connectivity index (χ0) is 11.6. The number of ether oxygens (including phenoxy) is 1. The molecular weight excluding hydrogens is 230 g/mol. The van der Waals surface area contributed by atoms with Gasteiger partial charge in [-0.3, -0.25) is 0 Å². The van der Waals surface area contributed by atoms with Crippen molar-refractivity contribution < 1.29 is 18.3 Å². The van der Waals surface area contributed by atoms with Crippen molar-refractivity contribution in [2.45, 2.75) is 6.43 Å². The summed E-state index contributed by atoms with van der Waals surface area (Å²) in [7, 11) is 1.06. The third kappa shape index (κ3) is 2.15. The van der Waals surface area contributed by atoms with Crippen LogP contribution in [0.3, 0.4) is 0 Å². The Balaban J connectivity index is 3.45. The fraction of sp³-hybridized carbons (Fsp3) is 0.250. The van der Waals surface area contributed by atoms with Gasteiger partial charge in [0.25, 0.3) is 6.43 Å². The predicted octanol–water partition coefficient (Wildman–Crippen LogP) is 2.04. The van der Waals surface area contributed by atoms with E-state index in [4.69, 9.17) is 17.3 Å². The Morgan fingerprint density at radius 2 is 2.27 bits per heavy atom. The molecule has 1 rings (SSSR count). The van der Waals surface area contributed by atoms with Crippen LogP contribution in [0.5, 0.6) is 0 Å². The Hall–Kier alpha value is -1.43. The molecule has 7 heteroatoms. The van der Waals surface area contributed by atoms with Crippen molar-refractivity contribution in [1.82, 2.24) is 4.98 Å². The molecule has 0 radical (unpaired) electrons. The summed E-state index contributed by atoms with van der Waals surface area (Å²) in [6.07, 6.45) is -1.92. The molecule has 2 N–H and O–H groups in total. The Morgan fingerprint density at radius 3 is 2.73 bits per heavy atom. The van der Waals surface area contributed by atoms with Gasteiger partial charge in [0, 0.05) is 6.20 Å². The highest BCUT2D eigenvalue weighted by Gasteiger charge is 2.25. The third-order valence-corrected chi connectivity index (χ3v) is 2.00. The van der Waals surface area contributed by atoms with Gasteiger partial charge < -0.3 is 10.5 Å². The molecule has 0 amide bonds. The molecule has 0 spiro atoms. The second-order valence-electron chi connectivity index (χ2n) is 2.57. The topological polar surface area (TPSA) is 65.2 Å². The van der Waals surface area contributed by atoms with Crippen LogP contribution in [0.1, 0.15) is 22.3 Å². The number of esters is 1. The molecule has 82 valence electrons. The lowest BCUT2D eigenvalue weighted by atomic mass is 10.1. The quantitative estimate of drug-likeness (QED) is 0.798. The Bertz CT molecular complexity index is 398. The highest BCUT2D eigenvalue weighted by atomic mass is 35.5. The summed E-state index contributed by atoms with van der Waals surface area (Å²) < 4.78 is 29.5. The van der Waals surface area contributed by atoms with Crippen molar-refractivity contribution in [3.63, 3.8) is 0 Å². The van der Waals surface area contributed by atoms with E-state index in [-0.39, 0.29) is 5.02 Å². The van der Waals surface area contributed by atoms with E-state index >= 15 is 0 Å². The van der Waals surface area contributed by atoms with E-state index in [0.29, 0.717) is 0 Å². The molecule has 0 aliphatic carbocycles. The molecule has 0 bridgehead atoms. The number of methoxy groups -OCH3 is 1. The number of alkyl halides is 2. The van der Waals surface area contributed by atoms with Crippen LogP contribution in [0.4, 0.5) is 14.6 Å². The van der Waals surface area contributed by atoms with Crippen LogP contribution in [0.25, 0.3) is 0 Å². The molecule has 1 aromatic heterocycles. The van der Waals surface area contributed by atoms with Gasteiger partial charge in [-0.2, -0.15) is 0 Å². The molecule has 15 heavy (non-hydrogen) atoms. The van der Waals surface area contributed by atoms with Gasteiger partial charge in [0.15, 0.2) is 0 Å². The number of carbonyl (C=O) groups excluding carboxylic acids is 1. The molecule has 0 saturated carbocycles. The van der Waals surface area contributed by atoms with Gasteiger partial charge in [-0.1, -0.05) is 11.6 Å². The zero-order valence-corrected chi connectivity index (χ0v) is 8.39.